The first kappa shape index (κ1) is 13.6. The van der Waals surface area contributed by atoms with Crippen LogP contribution in [0.5, 0.6) is 0 Å². The molecule has 4 nitrogen and oxygen atoms in total. The second-order valence-corrected chi connectivity index (χ2v) is 6.92. The van der Waals surface area contributed by atoms with Crippen LogP contribution in [0.3, 0.4) is 0 Å². The van der Waals surface area contributed by atoms with Crippen molar-refractivity contribution in [2.45, 2.75) is 12.3 Å². The Morgan fingerprint density at radius 3 is 2.56 bits per heavy atom. The molecular formula is C11H11Cl2NO3S. The molecule has 0 bridgehead atoms. The van der Waals surface area contributed by atoms with Gasteiger partial charge < -0.3 is 0 Å². The number of sulfonamides is 1. The molecule has 1 aromatic rings. The number of rotatable bonds is 3. The minimum atomic E-state index is -3.50. The third kappa shape index (κ3) is 3.16. The van der Waals surface area contributed by atoms with Crippen LogP contribution in [-0.2, 0) is 14.8 Å². The molecule has 0 aliphatic heterocycles. The number of nitrogens with one attached hydrogen (secondary N) is 1. The molecule has 18 heavy (non-hydrogen) atoms. The Bertz CT molecular complexity index is 600. The molecule has 1 saturated carbocycles. The second kappa shape index (κ2) is 4.72. The summed E-state index contributed by atoms with van der Waals surface area (Å²) in [6, 6.07) is 5.18. The number of halogens is 2. The molecule has 1 N–H and O–H groups in total. The maximum Gasteiger partial charge on any atom is 0.237 e. The maximum absolute atomic E-state index is 11.6. The number of hydrogen-bond donors (Lipinski definition) is 1. The zero-order valence-corrected chi connectivity index (χ0v) is 11.8. The average Bonchev–Trinajstić information content (AvgIpc) is 2.99. The number of benzene rings is 1. The molecular weight excluding hydrogens is 297 g/mol. The topological polar surface area (TPSA) is 63.2 Å². The third-order valence-electron chi connectivity index (χ3n) is 2.79. The summed E-state index contributed by atoms with van der Waals surface area (Å²) in [6.07, 6.45) is 1.58. The molecule has 0 radical (unpaired) electrons. The van der Waals surface area contributed by atoms with Gasteiger partial charge in [0.05, 0.1) is 16.3 Å². The van der Waals surface area contributed by atoms with Gasteiger partial charge in [0.2, 0.25) is 15.9 Å². The molecule has 1 aliphatic rings. The summed E-state index contributed by atoms with van der Waals surface area (Å²) in [6.45, 7) is 0. The van der Waals surface area contributed by atoms with E-state index in [1.807, 2.05) is 4.72 Å². The van der Waals surface area contributed by atoms with E-state index in [2.05, 4.69) is 0 Å². The van der Waals surface area contributed by atoms with E-state index in [1.165, 1.54) is 0 Å². The van der Waals surface area contributed by atoms with E-state index in [0.29, 0.717) is 16.5 Å². The van der Waals surface area contributed by atoms with Crippen LogP contribution in [-0.4, -0.2) is 20.6 Å². The molecule has 1 aromatic carbocycles. The van der Waals surface area contributed by atoms with Crippen molar-refractivity contribution in [1.29, 1.82) is 0 Å². The lowest BCUT2D eigenvalue weighted by Crippen LogP contribution is -2.30. The standard InChI is InChI=1S/C11H11Cl2NO3S/c1-18(16,17)14-11(15)8-5-7(8)6-2-3-9(12)10(13)4-6/h2-4,7-8H,5H2,1H3,(H,14,15). The first-order chi connectivity index (χ1) is 8.28. The fourth-order valence-electron chi connectivity index (χ4n) is 1.85. The number of carbonyl (C=O) groups excluding carboxylic acids is 1. The lowest BCUT2D eigenvalue weighted by Gasteiger charge is -2.03. The largest absolute Gasteiger partial charge is 0.274 e. The van der Waals surface area contributed by atoms with Gasteiger partial charge >= 0.3 is 0 Å². The fraction of sp³-hybridized carbons (Fsp3) is 0.364. The Balaban J connectivity index is 2.07. The zero-order chi connectivity index (χ0) is 13.5. The first-order valence-corrected chi connectivity index (χ1v) is 7.89. The van der Waals surface area contributed by atoms with Gasteiger partial charge in [0, 0.05) is 5.92 Å². The first-order valence-electron chi connectivity index (χ1n) is 5.24. The number of carbonyl (C=O) groups is 1. The van der Waals surface area contributed by atoms with Gasteiger partial charge in [-0.2, -0.15) is 0 Å². The highest BCUT2D eigenvalue weighted by atomic mass is 35.5. The van der Waals surface area contributed by atoms with Gasteiger partial charge in [0.25, 0.3) is 0 Å². The Kier molecular flexibility index (Phi) is 3.58. The monoisotopic (exact) mass is 307 g/mol. The summed E-state index contributed by atoms with van der Waals surface area (Å²) < 4.78 is 23.9. The van der Waals surface area contributed by atoms with Crippen molar-refractivity contribution in [2.24, 2.45) is 5.92 Å². The van der Waals surface area contributed by atoms with Crippen LogP contribution < -0.4 is 4.72 Å². The highest BCUT2D eigenvalue weighted by Gasteiger charge is 2.44. The predicted octanol–water partition coefficient (Wildman–Crippen LogP) is 2.17. The van der Waals surface area contributed by atoms with E-state index >= 15 is 0 Å². The van der Waals surface area contributed by atoms with Gasteiger partial charge in [-0.05, 0) is 30.0 Å². The van der Waals surface area contributed by atoms with Crippen LogP contribution in [0.1, 0.15) is 17.9 Å². The predicted molar refractivity (Wildman–Crippen MR) is 70.3 cm³/mol. The van der Waals surface area contributed by atoms with Crippen molar-refractivity contribution in [2.75, 3.05) is 6.26 Å². The van der Waals surface area contributed by atoms with Crippen LogP contribution in [0, 0.1) is 5.92 Å². The molecule has 0 heterocycles. The maximum atomic E-state index is 11.6. The van der Waals surface area contributed by atoms with Gasteiger partial charge in [0.15, 0.2) is 0 Å². The lowest BCUT2D eigenvalue weighted by molar-refractivity contribution is -0.120. The highest BCUT2D eigenvalue weighted by molar-refractivity contribution is 7.89. The highest BCUT2D eigenvalue weighted by Crippen LogP contribution is 2.48. The lowest BCUT2D eigenvalue weighted by atomic mass is 10.1. The van der Waals surface area contributed by atoms with Crippen LogP contribution in [0.25, 0.3) is 0 Å². The second-order valence-electron chi connectivity index (χ2n) is 4.36. The van der Waals surface area contributed by atoms with E-state index in [-0.39, 0.29) is 11.8 Å². The molecule has 7 heteroatoms. The molecule has 1 amide bonds. The SMILES string of the molecule is CS(=O)(=O)NC(=O)C1CC1c1ccc(Cl)c(Cl)c1. The molecule has 2 atom stereocenters. The van der Waals surface area contributed by atoms with Gasteiger partial charge in [-0.3, -0.25) is 9.52 Å². The van der Waals surface area contributed by atoms with Crippen LogP contribution in [0.2, 0.25) is 10.0 Å². The van der Waals surface area contributed by atoms with Crippen molar-refractivity contribution < 1.29 is 13.2 Å². The van der Waals surface area contributed by atoms with Crippen molar-refractivity contribution in [1.82, 2.24) is 4.72 Å². The summed E-state index contributed by atoms with van der Waals surface area (Å²) in [5.41, 5.74) is 0.901. The van der Waals surface area contributed by atoms with Gasteiger partial charge in [-0.1, -0.05) is 29.3 Å². The van der Waals surface area contributed by atoms with E-state index in [1.54, 1.807) is 18.2 Å². The van der Waals surface area contributed by atoms with Crippen LogP contribution in [0.4, 0.5) is 0 Å². The fourth-order valence-corrected chi connectivity index (χ4v) is 2.68. The molecule has 98 valence electrons. The van der Waals surface area contributed by atoms with Crippen molar-refractivity contribution in [3.05, 3.63) is 33.8 Å². The molecule has 2 unspecified atom stereocenters. The van der Waals surface area contributed by atoms with Gasteiger partial charge in [-0.25, -0.2) is 8.42 Å². The summed E-state index contributed by atoms with van der Waals surface area (Å²) in [4.78, 5) is 11.6. The number of amides is 1. The van der Waals surface area contributed by atoms with E-state index in [0.717, 1.165) is 11.8 Å². The molecule has 0 spiro atoms. The Hall–Kier alpha value is -0.780. The number of hydrogen-bond acceptors (Lipinski definition) is 3. The molecule has 1 aliphatic carbocycles. The third-order valence-corrected chi connectivity index (χ3v) is 4.10. The molecule has 2 rings (SSSR count). The quantitative estimate of drug-likeness (QED) is 0.931. The van der Waals surface area contributed by atoms with Crippen molar-refractivity contribution >= 4 is 39.1 Å². The normalized spacial score (nSPS) is 22.6. The Morgan fingerprint density at radius 2 is 2.00 bits per heavy atom. The smallest absolute Gasteiger partial charge is 0.237 e. The minimum absolute atomic E-state index is 0.0153. The zero-order valence-electron chi connectivity index (χ0n) is 9.48. The minimum Gasteiger partial charge on any atom is -0.274 e. The van der Waals surface area contributed by atoms with Gasteiger partial charge in [-0.15, -0.1) is 0 Å². The van der Waals surface area contributed by atoms with E-state index in [9.17, 15) is 13.2 Å². The summed E-state index contributed by atoms with van der Waals surface area (Å²) in [7, 11) is -3.50. The Labute approximate surface area is 115 Å². The Morgan fingerprint density at radius 1 is 1.33 bits per heavy atom. The molecule has 1 fully saturated rings. The summed E-state index contributed by atoms with van der Waals surface area (Å²) in [5.74, 6) is -0.757. The van der Waals surface area contributed by atoms with Crippen molar-refractivity contribution in [3.8, 4) is 0 Å². The van der Waals surface area contributed by atoms with E-state index in [4.69, 9.17) is 23.2 Å². The van der Waals surface area contributed by atoms with Crippen LogP contribution >= 0.6 is 23.2 Å². The van der Waals surface area contributed by atoms with E-state index < -0.39 is 15.9 Å². The van der Waals surface area contributed by atoms with Gasteiger partial charge in [0.1, 0.15) is 0 Å². The van der Waals surface area contributed by atoms with Crippen molar-refractivity contribution in [3.63, 3.8) is 0 Å². The van der Waals surface area contributed by atoms with Crippen LogP contribution in [0.15, 0.2) is 18.2 Å². The molecule has 0 aromatic heterocycles. The summed E-state index contributed by atoms with van der Waals surface area (Å²) >= 11 is 11.7. The average molecular weight is 308 g/mol. The molecule has 0 saturated heterocycles. The summed E-state index contributed by atoms with van der Waals surface area (Å²) in [5, 5.41) is 0.890.